The van der Waals surface area contributed by atoms with Crippen LogP contribution in [0.4, 0.5) is 11.4 Å². The van der Waals surface area contributed by atoms with Crippen molar-refractivity contribution in [2.24, 2.45) is 0 Å². The highest BCUT2D eigenvalue weighted by Crippen LogP contribution is 2.31. The minimum absolute atomic E-state index is 0.0451. The topological polar surface area (TPSA) is 103 Å². The summed E-state index contributed by atoms with van der Waals surface area (Å²) in [4.78, 5) is 12.9. The Kier molecular flexibility index (Phi) is 6.89. The van der Waals surface area contributed by atoms with Crippen LogP contribution in [0.15, 0.2) is 65.6 Å². The molecular weight excluding hydrogens is 432 g/mol. The molecule has 3 aromatic carbocycles. The summed E-state index contributed by atoms with van der Waals surface area (Å²) in [5.74, 6) is 0.850. The molecule has 168 valence electrons. The molecule has 0 atom stereocenters. The smallest absolute Gasteiger partial charge is 0.262 e. The Balaban J connectivity index is 1.87. The number of amides is 1. The van der Waals surface area contributed by atoms with E-state index in [1.807, 2.05) is 0 Å². The number of rotatable bonds is 8. The zero-order chi connectivity index (χ0) is 23.3. The number of sulfonamides is 1. The van der Waals surface area contributed by atoms with Gasteiger partial charge in [0.2, 0.25) is 0 Å². The van der Waals surface area contributed by atoms with E-state index in [1.165, 1.54) is 27.4 Å². The largest absolute Gasteiger partial charge is 0.497 e. The molecule has 0 radical (unpaired) electrons. The quantitative estimate of drug-likeness (QED) is 0.530. The number of carbonyl (C=O) groups is 1. The maximum absolute atomic E-state index is 13.0. The van der Waals surface area contributed by atoms with Gasteiger partial charge in [0, 0.05) is 11.4 Å². The Morgan fingerprint density at radius 1 is 0.844 bits per heavy atom. The standard InChI is InChI=1S/C23H24N2O6S/c1-15-8-9-17(24-23(26)19-6-5-7-20(30-3)22(19)31-4)14-21(15)32(27,28)25-16-10-12-18(29-2)13-11-16/h5-14,25H,1-4H3,(H,24,26). The van der Waals surface area contributed by atoms with Crippen LogP contribution in [-0.2, 0) is 10.0 Å². The van der Waals surface area contributed by atoms with Crippen molar-refractivity contribution in [3.8, 4) is 17.2 Å². The van der Waals surface area contributed by atoms with E-state index in [0.29, 0.717) is 28.4 Å². The zero-order valence-corrected chi connectivity index (χ0v) is 18.9. The van der Waals surface area contributed by atoms with Gasteiger partial charge in [-0.15, -0.1) is 0 Å². The van der Waals surface area contributed by atoms with E-state index in [-0.39, 0.29) is 16.2 Å². The average Bonchev–Trinajstić information content (AvgIpc) is 2.79. The van der Waals surface area contributed by atoms with Crippen LogP contribution in [0.25, 0.3) is 0 Å². The van der Waals surface area contributed by atoms with Gasteiger partial charge in [-0.2, -0.15) is 0 Å². The summed E-state index contributed by atoms with van der Waals surface area (Å²) in [6.45, 7) is 1.68. The van der Waals surface area contributed by atoms with E-state index >= 15 is 0 Å². The first-order valence-corrected chi connectivity index (χ1v) is 11.1. The van der Waals surface area contributed by atoms with Crippen molar-refractivity contribution in [3.63, 3.8) is 0 Å². The molecule has 1 amide bonds. The van der Waals surface area contributed by atoms with Crippen molar-refractivity contribution in [1.29, 1.82) is 0 Å². The van der Waals surface area contributed by atoms with Crippen molar-refractivity contribution in [2.75, 3.05) is 31.4 Å². The van der Waals surface area contributed by atoms with Crippen molar-refractivity contribution in [3.05, 3.63) is 71.8 Å². The maximum atomic E-state index is 13.0. The second-order valence-electron chi connectivity index (χ2n) is 6.81. The predicted molar refractivity (Wildman–Crippen MR) is 122 cm³/mol. The third-order valence-corrected chi connectivity index (χ3v) is 6.25. The molecule has 0 fully saturated rings. The van der Waals surface area contributed by atoms with Gasteiger partial charge in [0.25, 0.3) is 15.9 Å². The molecule has 0 bridgehead atoms. The van der Waals surface area contributed by atoms with Crippen molar-refractivity contribution < 1.29 is 27.4 Å². The molecule has 8 nitrogen and oxygen atoms in total. The van der Waals surface area contributed by atoms with Crippen LogP contribution >= 0.6 is 0 Å². The first kappa shape index (κ1) is 23.0. The van der Waals surface area contributed by atoms with Gasteiger partial charge in [-0.05, 0) is 61.0 Å². The number of para-hydroxylation sites is 1. The highest BCUT2D eigenvalue weighted by molar-refractivity contribution is 7.92. The molecule has 32 heavy (non-hydrogen) atoms. The number of anilines is 2. The summed E-state index contributed by atoms with van der Waals surface area (Å²) in [5.41, 5.74) is 1.50. The lowest BCUT2D eigenvalue weighted by atomic mass is 10.1. The number of hydrogen-bond donors (Lipinski definition) is 2. The predicted octanol–water partition coefficient (Wildman–Crippen LogP) is 4.07. The fraction of sp³-hybridized carbons (Fsp3) is 0.174. The van der Waals surface area contributed by atoms with E-state index in [4.69, 9.17) is 14.2 Å². The number of ether oxygens (including phenoxy) is 3. The lowest BCUT2D eigenvalue weighted by Crippen LogP contribution is -2.16. The summed E-state index contributed by atoms with van der Waals surface area (Å²) in [6, 6.07) is 16.1. The number of methoxy groups -OCH3 is 3. The highest BCUT2D eigenvalue weighted by Gasteiger charge is 2.20. The summed E-state index contributed by atoms with van der Waals surface area (Å²) < 4.78 is 44.1. The SMILES string of the molecule is COc1ccc(NS(=O)(=O)c2cc(NC(=O)c3cccc(OC)c3OC)ccc2C)cc1. The number of aryl methyl sites for hydroxylation is 1. The molecular formula is C23H24N2O6S. The van der Waals surface area contributed by atoms with Crippen molar-refractivity contribution in [2.45, 2.75) is 11.8 Å². The summed E-state index contributed by atoms with van der Waals surface area (Å²) in [6.07, 6.45) is 0. The molecule has 0 spiro atoms. The van der Waals surface area contributed by atoms with Crippen LogP contribution in [0.1, 0.15) is 15.9 Å². The normalized spacial score (nSPS) is 10.9. The van der Waals surface area contributed by atoms with E-state index in [1.54, 1.807) is 61.5 Å². The molecule has 3 rings (SSSR count). The molecule has 0 aliphatic carbocycles. The minimum Gasteiger partial charge on any atom is -0.497 e. The zero-order valence-electron chi connectivity index (χ0n) is 18.1. The minimum atomic E-state index is -3.90. The Labute approximate surface area is 187 Å². The Hall–Kier alpha value is -3.72. The summed E-state index contributed by atoms with van der Waals surface area (Å²) in [7, 11) is 0.554. The van der Waals surface area contributed by atoms with E-state index in [0.717, 1.165) is 0 Å². The van der Waals surface area contributed by atoms with Gasteiger partial charge in [-0.25, -0.2) is 8.42 Å². The molecule has 2 N–H and O–H groups in total. The molecule has 0 unspecified atom stereocenters. The van der Waals surface area contributed by atoms with Crippen LogP contribution in [0.2, 0.25) is 0 Å². The number of nitrogens with one attached hydrogen (secondary N) is 2. The lowest BCUT2D eigenvalue weighted by molar-refractivity contribution is 0.102. The lowest BCUT2D eigenvalue weighted by Gasteiger charge is -2.14. The van der Waals surface area contributed by atoms with Crippen LogP contribution in [0, 0.1) is 6.92 Å². The molecule has 0 aliphatic rings. The van der Waals surface area contributed by atoms with Crippen molar-refractivity contribution in [1.82, 2.24) is 0 Å². The second-order valence-corrected chi connectivity index (χ2v) is 8.46. The fourth-order valence-electron chi connectivity index (χ4n) is 3.10. The molecule has 0 aromatic heterocycles. The summed E-state index contributed by atoms with van der Waals surface area (Å²) in [5, 5.41) is 2.72. The van der Waals surface area contributed by atoms with Crippen LogP contribution in [0.3, 0.4) is 0 Å². The van der Waals surface area contributed by atoms with E-state index in [9.17, 15) is 13.2 Å². The molecule has 0 saturated heterocycles. The monoisotopic (exact) mass is 456 g/mol. The van der Waals surface area contributed by atoms with Gasteiger partial charge >= 0.3 is 0 Å². The molecule has 9 heteroatoms. The third kappa shape index (κ3) is 4.94. The summed E-state index contributed by atoms with van der Waals surface area (Å²) >= 11 is 0. The van der Waals surface area contributed by atoms with Crippen LogP contribution < -0.4 is 24.2 Å². The molecule has 0 aliphatic heterocycles. The Morgan fingerprint density at radius 3 is 2.16 bits per heavy atom. The van der Waals surface area contributed by atoms with Gasteiger partial charge in [-0.3, -0.25) is 9.52 Å². The van der Waals surface area contributed by atoms with Crippen molar-refractivity contribution >= 4 is 27.3 Å². The Morgan fingerprint density at radius 2 is 1.53 bits per heavy atom. The first-order valence-electron chi connectivity index (χ1n) is 9.59. The van der Waals surface area contributed by atoms with Crippen LogP contribution in [0.5, 0.6) is 17.2 Å². The van der Waals surface area contributed by atoms with Gasteiger partial charge in [-0.1, -0.05) is 12.1 Å². The van der Waals surface area contributed by atoms with Gasteiger partial charge in [0.05, 0.1) is 31.8 Å². The first-order chi connectivity index (χ1) is 15.3. The Bertz CT molecular complexity index is 1220. The van der Waals surface area contributed by atoms with Gasteiger partial charge in [0.15, 0.2) is 11.5 Å². The van der Waals surface area contributed by atoms with Gasteiger partial charge < -0.3 is 19.5 Å². The third-order valence-electron chi connectivity index (χ3n) is 4.73. The number of hydrogen-bond acceptors (Lipinski definition) is 6. The van der Waals surface area contributed by atoms with Crippen LogP contribution in [-0.4, -0.2) is 35.7 Å². The average molecular weight is 457 g/mol. The number of carbonyl (C=O) groups excluding carboxylic acids is 1. The molecule has 0 saturated carbocycles. The fourth-order valence-corrected chi connectivity index (χ4v) is 4.43. The molecule has 3 aromatic rings. The highest BCUT2D eigenvalue weighted by atomic mass is 32.2. The van der Waals surface area contributed by atoms with E-state index < -0.39 is 15.9 Å². The molecule has 0 heterocycles. The maximum Gasteiger partial charge on any atom is 0.262 e. The van der Waals surface area contributed by atoms with Gasteiger partial charge in [0.1, 0.15) is 5.75 Å². The number of benzene rings is 3. The van der Waals surface area contributed by atoms with E-state index in [2.05, 4.69) is 10.0 Å². The second kappa shape index (κ2) is 9.61.